The Kier molecular flexibility index (Phi) is 5.02. The van der Waals surface area contributed by atoms with Crippen molar-refractivity contribution in [3.63, 3.8) is 0 Å². The number of carbonyl (C=O) groups excluding carboxylic acids is 2. The Morgan fingerprint density at radius 1 is 1.25 bits per heavy atom. The molecule has 0 radical (unpaired) electrons. The quantitative estimate of drug-likeness (QED) is 0.526. The number of carbonyl (C=O) groups is 2. The molecular formula is C18H17N3O2S. The fraction of sp³-hybridized carbons (Fsp3) is 0.333. The maximum absolute atomic E-state index is 12.6. The van der Waals surface area contributed by atoms with Gasteiger partial charge in [-0.05, 0) is 49.4 Å². The minimum Gasteiger partial charge on any atom is -0.309 e. The summed E-state index contributed by atoms with van der Waals surface area (Å²) in [4.78, 5) is 30.6. The molecule has 0 saturated carbocycles. The number of Topliss-reactive ketones (excluding diaryl/α,β-unsaturated/α-hetero) is 1. The highest BCUT2D eigenvalue weighted by molar-refractivity contribution is 7.14. The number of rotatable bonds is 4. The fourth-order valence-electron chi connectivity index (χ4n) is 2.80. The average molecular weight is 339 g/mol. The predicted octanol–water partition coefficient (Wildman–Crippen LogP) is 3.37. The number of hydrogen-bond donors (Lipinski definition) is 1. The standard InChI is InChI=1S/C18H17N3O2S/c19-11-13(18(23)21-16-8-4-5-9-20-16)17(22)15-10-12-6-2-1-3-7-14(12)24-15/h4-5,8-10,13H,1-3,6-7H2,(H,20,21,23)/t13-/m0/s1. The summed E-state index contributed by atoms with van der Waals surface area (Å²) in [5, 5.41) is 11.8. The lowest BCUT2D eigenvalue weighted by molar-refractivity contribution is -0.117. The second-order valence-electron chi connectivity index (χ2n) is 5.75. The van der Waals surface area contributed by atoms with Crippen molar-refractivity contribution in [3.8, 4) is 6.07 Å². The van der Waals surface area contributed by atoms with Crippen LogP contribution in [0.15, 0.2) is 30.5 Å². The maximum Gasteiger partial charge on any atom is 0.250 e. The number of nitrogens with one attached hydrogen (secondary N) is 1. The Balaban J connectivity index is 1.77. The number of thiophene rings is 1. The third-order valence-electron chi connectivity index (χ3n) is 4.06. The van der Waals surface area contributed by atoms with Gasteiger partial charge in [-0.15, -0.1) is 11.3 Å². The van der Waals surface area contributed by atoms with E-state index in [0.717, 1.165) is 25.7 Å². The van der Waals surface area contributed by atoms with Gasteiger partial charge in [0.2, 0.25) is 0 Å². The second-order valence-corrected chi connectivity index (χ2v) is 6.89. The van der Waals surface area contributed by atoms with Gasteiger partial charge in [0.05, 0.1) is 10.9 Å². The van der Waals surface area contributed by atoms with Crippen molar-refractivity contribution in [2.45, 2.75) is 32.1 Å². The number of nitrogens with zero attached hydrogens (tertiary/aromatic N) is 2. The topological polar surface area (TPSA) is 82.8 Å². The van der Waals surface area contributed by atoms with Gasteiger partial charge in [0.25, 0.3) is 5.91 Å². The molecule has 1 amide bonds. The van der Waals surface area contributed by atoms with E-state index in [-0.39, 0.29) is 0 Å². The van der Waals surface area contributed by atoms with Crippen molar-refractivity contribution >= 4 is 28.8 Å². The molecule has 0 bridgehead atoms. The molecule has 2 aromatic rings. The van der Waals surface area contributed by atoms with Crippen molar-refractivity contribution in [3.05, 3.63) is 45.8 Å². The van der Waals surface area contributed by atoms with E-state index in [1.165, 1.54) is 34.4 Å². The molecule has 0 fully saturated rings. The normalized spacial score (nSPS) is 14.8. The zero-order valence-electron chi connectivity index (χ0n) is 13.1. The van der Waals surface area contributed by atoms with E-state index >= 15 is 0 Å². The highest BCUT2D eigenvalue weighted by Gasteiger charge is 2.30. The van der Waals surface area contributed by atoms with E-state index in [4.69, 9.17) is 0 Å². The van der Waals surface area contributed by atoms with Crippen LogP contribution in [0.25, 0.3) is 0 Å². The number of nitriles is 1. The minimum atomic E-state index is -1.35. The second kappa shape index (κ2) is 7.37. The Bertz CT molecular complexity index is 769. The third kappa shape index (κ3) is 3.52. The van der Waals surface area contributed by atoms with Crippen LogP contribution in [0, 0.1) is 17.2 Å². The van der Waals surface area contributed by atoms with Gasteiger partial charge in [0.1, 0.15) is 5.82 Å². The van der Waals surface area contributed by atoms with Crippen LogP contribution in [0.1, 0.15) is 39.4 Å². The first-order valence-corrected chi connectivity index (χ1v) is 8.78. The average Bonchev–Trinajstić information content (AvgIpc) is 2.87. The van der Waals surface area contributed by atoms with Crippen LogP contribution in [0.4, 0.5) is 5.82 Å². The molecule has 1 aliphatic carbocycles. The van der Waals surface area contributed by atoms with Crippen molar-refractivity contribution in [2.24, 2.45) is 5.92 Å². The Morgan fingerprint density at radius 3 is 2.83 bits per heavy atom. The van der Waals surface area contributed by atoms with Gasteiger partial charge in [-0.25, -0.2) is 4.98 Å². The predicted molar refractivity (Wildman–Crippen MR) is 91.9 cm³/mol. The lowest BCUT2D eigenvalue weighted by Crippen LogP contribution is -2.28. The van der Waals surface area contributed by atoms with E-state index in [1.54, 1.807) is 18.2 Å². The third-order valence-corrected chi connectivity index (χ3v) is 5.31. The summed E-state index contributed by atoms with van der Waals surface area (Å²) in [5.41, 5.74) is 1.20. The molecule has 0 aromatic carbocycles. The van der Waals surface area contributed by atoms with E-state index in [1.807, 2.05) is 12.1 Å². The SMILES string of the molecule is N#C[C@H](C(=O)Nc1ccccn1)C(=O)c1cc2c(s1)CCCCC2. The Hall–Kier alpha value is -2.52. The lowest BCUT2D eigenvalue weighted by atomic mass is 10.0. The van der Waals surface area contributed by atoms with Crippen LogP contribution in [0.5, 0.6) is 0 Å². The number of ketones is 1. The molecule has 5 nitrogen and oxygen atoms in total. The van der Waals surface area contributed by atoms with Crippen LogP contribution in [-0.4, -0.2) is 16.7 Å². The smallest absolute Gasteiger partial charge is 0.250 e. The van der Waals surface area contributed by atoms with Gasteiger partial charge < -0.3 is 5.32 Å². The summed E-state index contributed by atoms with van der Waals surface area (Å²) < 4.78 is 0. The van der Waals surface area contributed by atoms with E-state index in [2.05, 4.69) is 10.3 Å². The van der Waals surface area contributed by atoms with Gasteiger partial charge in [0, 0.05) is 11.1 Å². The van der Waals surface area contributed by atoms with Gasteiger partial charge in [-0.2, -0.15) is 5.26 Å². The molecule has 3 rings (SSSR count). The van der Waals surface area contributed by atoms with Crippen LogP contribution >= 0.6 is 11.3 Å². The van der Waals surface area contributed by atoms with E-state index < -0.39 is 17.6 Å². The minimum absolute atomic E-state index is 0.331. The van der Waals surface area contributed by atoms with Gasteiger partial charge in [0.15, 0.2) is 11.7 Å². The zero-order valence-corrected chi connectivity index (χ0v) is 13.9. The molecule has 6 heteroatoms. The molecule has 1 N–H and O–H groups in total. The number of amides is 1. The van der Waals surface area contributed by atoms with Crippen LogP contribution in [-0.2, 0) is 17.6 Å². The highest BCUT2D eigenvalue weighted by Crippen LogP contribution is 2.30. The highest BCUT2D eigenvalue weighted by atomic mass is 32.1. The molecule has 1 aliphatic rings. The van der Waals surface area contributed by atoms with Crippen molar-refractivity contribution in [1.29, 1.82) is 5.26 Å². The molecule has 122 valence electrons. The first-order valence-electron chi connectivity index (χ1n) is 7.96. The maximum atomic E-state index is 12.6. The molecule has 2 aromatic heterocycles. The van der Waals surface area contributed by atoms with Crippen LogP contribution in [0.3, 0.4) is 0 Å². The molecule has 0 unspecified atom stereocenters. The number of fused-ring (bicyclic) bond motifs is 1. The summed E-state index contributed by atoms with van der Waals surface area (Å²) in [7, 11) is 0. The van der Waals surface area contributed by atoms with E-state index in [9.17, 15) is 14.9 Å². The number of pyridine rings is 1. The fourth-order valence-corrected chi connectivity index (χ4v) is 4.03. The largest absolute Gasteiger partial charge is 0.309 e. The summed E-state index contributed by atoms with van der Waals surface area (Å²) in [5.74, 6) is -2.08. The van der Waals surface area contributed by atoms with Gasteiger partial charge >= 0.3 is 0 Å². The summed E-state index contributed by atoms with van der Waals surface area (Å²) in [6.07, 6.45) is 6.94. The molecule has 1 atom stereocenters. The molecular weight excluding hydrogens is 322 g/mol. The summed E-state index contributed by atoms with van der Waals surface area (Å²) in [6, 6.07) is 8.76. The van der Waals surface area contributed by atoms with Crippen LogP contribution in [0.2, 0.25) is 0 Å². The summed E-state index contributed by atoms with van der Waals surface area (Å²) >= 11 is 1.43. The van der Waals surface area contributed by atoms with E-state index in [0.29, 0.717) is 10.7 Å². The molecule has 24 heavy (non-hydrogen) atoms. The molecule has 0 spiro atoms. The zero-order chi connectivity index (χ0) is 16.9. The molecule has 0 aliphatic heterocycles. The number of aromatic nitrogens is 1. The number of hydrogen-bond acceptors (Lipinski definition) is 5. The Labute approximate surface area is 144 Å². The molecule has 2 heterocycles. The van der Waals surface area contributed by atoms with Crippen molar-refractivity contribution < 1.29 is 9.59 Å². The van der Waals surface area contributed by atoms with Crippen LogP contribution < -0.4 is 5.32 Å². The van der Waals surface area contributed by atoms with Crippen molar-refractivity contribution in [1.82, 2.24) is 4.98 Å². The summed E-state index contributed by atoms with van der Waals surface area (Å²) in [6.45, 7) is 0. The van der Waals surface area contributed by atoms with Gasteiger partial charge in [-0.3, -0.25) is 9.59 Å². The van der Waals surface area contributed by atoms with Crippen molar-refractivity contribution in [2.75, 3.05) is 5.32 Å². The monoisotopic (exact) mass is 339 g/mol. The first-order chi connectivity index (χ1) is 11.7. The first kappa shape index (κ1) is 16.3. The lowest BCUT2D eigenvalue weighted by Gasteiger charge is -2.07. The molecule has 0 saturated heterocycles. The number of aryl methyl sites for hydroxylation is 2. The Morgan fingerprint density at radius 2 is 2.08 bits per heavy atom. The number of anilines is 1. The van der Waals surface area contributed by atoms with Gasteiger partial charge in [-0.1, -0.05) is 12.5 Å².